The van der Waals surface area contributed by atoms with Gasteiger partial charge in [-0.15, -0.1) is 10.2 Å². The number of aryl methyl sites for hydroxylation is 1. The predicted molar refractivity (Wildman–Crippen MR) is 57.5 cm³/mol. The fraction of sp³-hybridized carbons (Fsp3) is 0.200. The van der Waals surface area contributed by atoms with Gasteiger partial charge in [-0.1, -0.05) is 0 Å². The Labute approximate surface area is 92.1 Å². The van der Waals surface area contributed by atoms with Crippen LogP contribution in [-0.4, -0.2) is 25.7 Å². The fourth-order valence-electron chi connectivity index (χ4n) is 1.30. The van der Waals surface area contributed by atoms with Gasteiger partial charge in [0.15, 0.2) is 5.82 Å². The van der Waals surface area contributed by atoms with Crippen molar-refractivity contribution >= 4 is 5.91 Å². The van der Waals surface area contributed by atoms with E-state index in [0.717, 1.165) is 5.82 Å². The highest BCUT2D eigenvalue weighted by Gasteiger charge is 2.09. The van der Waals surface area contributed by atoms with Crippen molar-refractivity contribution in [3.63, 3.8) is 0 Å². The van der Waals surface area contributed by atoms with Crippen LogP contribution < -0.4 is 5.73 Å². The molecule has 82 valence electrons. The van der Waals surface area contributed by atoms with Gasteiger partial charge >= 0.3 is 0 Å². The second kappa shape index (κ2) is 3.73. The fourth-order valence-corrected chi connectivity index (χ4v) is 1.30. The standard InChI is InChI=1S/C10H11N5O/c1-6-13-14-10(15(6)2)8-4-3-7(5-12-8)9(11)16/h3-5H,1-2H3,(H2,11,16). The van der Waals surface area contributed by atoms with Gasteiger partial charge in [0.05, 0.1) is 5.56 Å². The Balaban J connectivity index is 2.42. The molecule has 2 aromatic rings. The summed E-state index contributed by atoms with van der Waals surface area (Å²) in [7, 11) is 1.86. The minimum Gasteiger partial charge on any atom is -0.366 e. The van der Waals surface area contributed by atoms with Crippen LogP contribution in [0.3, 0.4) is 0 Å². The molecule has 0 spiro atoms. The average Bonchev–Trinajstić information content (AvgIpc) is 2.60. The zero-order valence-corrected chi connectivity index (χ0v) is 9.01. The molecule has 0 radical (unpaired) electrons. The first kappa shape index (κ1) is 10.3. The van der Waals surface area contributed by atoms with Crippen molar-refractivity contribution in [1.82, 2.24) is 19.7 Å². The molecular weight excluding hydrogens is 206 g/mol. The molecule has 0 aliphatic carbocycles. The summed E-state index contributed by atoms with van der Waals surface area (Å²) < 4.78 is 1.83. The van der Waals surface area contributed by atoms with E-state index in [9.17, 15) is 4.79 Å². The lowest BCUT2D eigenvalue weighted by atomic mass is 10.2. The monoisotopic (exact) mass is 217 g/mol. The Bertz CT molecular complexity index is 529. The van der Waals surface area contributed by atoms with E-state index in [-0.39, 0.29) is 0 Å². The molecule has 2 N–H and O–H groups in total. The summed E-state index contributed by atoms with van der Waals surface area (Å²) in [5.74, 6) is 0.970. The number of hydrogen-bond donors (Lipinski definition) is 1. The van der Waals surface area contributed by atoms with Crippen LogP contribution in [0.5, 0.6) is 0 Å². The third-order valence-electron chi connectivity index (χ3n) is 2.37. The van der Waals surface area contributed by atoms with Gasteiger partial charge in [0, 0.05) is 13.2 Å². The van der Waals surface area contributed by atoms with E-state index < -0.39 is 5.91 Å². The highest BCUT2D eigenvalue weighted by atomic mass is 16.1. The highest BCUT2D eigenvalue weighted by molar-refractivity contribution is 5.92. The third kappa shape index (κ3) is 1.65. The van der Waals surface area contributed by atoms with Crippen LogP contribution in [0, 0.1) is 6.92 Å². The summed E-state index contributed by atoms with van der Waals surface area (Å²) in [6.45, 7) is 1.86. The van der Waals surface area contributed by atoms with E-state index >= 15 is 0 Å². The summed E-state index contributed by atoms with van der Waals surface area (Å²) in [6, 6.07) is 3.32. The topological polar surface area (TPSA) is 86.7 Å². The molecule has 0 bridgehead atoms. The summed E-state index contributed by atoms with van der Waals surface area (Å²) >= 11 is 0. The second-order valence-corrected chi connectivity index (χ2v) is 3.43. The number of amides is 1. The van der Waals surface area contributed by atoms with Gasteiger partial charge in [-0.3, -0.25) is 9.78 Å². The van der Waals surface area contributed by atoms with Gasteiger partial charge in [-0.05, 0) is 19.1 Å². The lowest BCUT2D eigenvalue weighted by Gasteiger charge is -2.01. The van der Waals surface area contributed by atoms with Crippen LogP contribution >= 0.6 is 0 Å². The molecule has 0 unspecified atom stereocenters. The summed E-state index contributed by atoms with van der Waals surface area (Å²) in [4.78, 5) is 15.0. The maximum atomic E-state index is 10.9. The van der Waals surface area contributed by atoms with E-state index in [1.54, 1.807) is 12.1 Å². The predicted octanol–water partition coefficient (Wildman–Crippen LogP) is 0.284. The first-order chi connectivity index (χ1) is 7.59. The maximum Gasteiger partial charge on any atom is 0.250 e. The van der Waals surface area contributed by atoms with Crippen molar-refractivity contribution in [3.05, 3.63) is 29.7 Å². The van der Waals surface area contributed by atoms with Crippen LogP contribution in [0.1, 0.15) is 16.2 Å². The number of hydrogen-bond acceptors (Lipinski definition) is 4. The summed E-state index contributed by atoms with van der Waals surface area (Å²) in [5.41, 5.74) is 6.16. The second-order valence-electron chi connectivity index (χ2n) is 3.43. The molecule has 0 fully saturated rings. The van der Waals surface area contributed by atoms with Gasteiger partial charge in [-0.2, -0.15) is 0 Å². The normalized spacial score (nSPS) is 10.4. The maximum absolute atomic E-state index is 10.9. The number of nitrogens with two attached hydrogens (primary N) is 1. The number of aromatic nitrogens is 4. The molecule has 6 nitrogen and oxygen atoms in total. The molecule has 16 heavy (non-hydrogen) atoms. The van der Waals surface area contributed by atoms with Crippen molar-refractivity contribution in [2.75, 3.05) is 0 Å². The molecule has 0 aromatic carbocycles. The lowest BCUT2D eigenvalue weighted by molar-refractivity contribution is 0.1000. The van der Waals surface area contributed by atoms with Crippen LogP contribution in [0.25, 0.3) is 11.5 Å². The van der Waals surface area contributed by atoms with Crippen molar-refractivity contribution < 1.29 is 4.79 Å². The Morgan fingerprint density at radius 3 is 2.56 bits per heavy atom. The molecule has 0 saturated heterocycles. The highest BCUT2D eigenvalue weighted by Crippen LogP contribution is 2.14. The SMILES string of the molecule is Cc1nnc(-c2ccc(C(N)=O)cn2)n1C. The van der Waals surface area contributed by atoms with E-state index in [4.69, 9.17) is 5.73 Å². The van der Waals surface area contributed by atoms with Gasteiger partial charge in [-0.25, -0.2) is 0 Å². The van der Waals surface area contributed by atoms with Gasteiger partial charge in [0.2, 0.25) is 5.91 Å². The number of nitrogens with zero attached hydrogens (tertiary/aromatic N) is 4. The molecule has 0 atom stereocenters. The molecular formula is C10H11N5O. The smallest absolute Gasteiger partial charge is 0.250 e. The van der Waals surface area contributed by atoms with Crippen LogP contribution in [0.4, 0.5) is 0 Å². The number of rotatable bonds is 2. The average molecular weight is 217 g/mol. The number of primary amides is 1. The van der Waals surface area contributed by atoms with Gasteiger partial charge in [0.25, 0.3) is 0 Å². The first-order valence-electron chi connectivity index (χ1n) is 4.72. The first-order valence-corrected chi connectivity index (χ1v) is 4.72. The van der Waals surface area contributed by atoms with Crippen molar-refractivity contribution in [1.29, 1.82) is 0 Å². The number of carbonyl (C=O) groups is 1. The zero-order chi connectivity index (χ0) is 11.7. The Kier molecular flexibility index (Phi) is 2.40. The Hall–Kier alpha value is -2.24. The zero-order valence-electron chi connectivity index (χ0n) is 9.01. The lowest BCUT2D eigenvalue weighted by Crippen LogP contribution is -2.11. The number of pyridine rings is 1. The van der Waals surface area contributed by atoms with Crippen molar-refractivity contribution in [2.45, 2.75) is 6.92 Å². The van der Waals surface area contributed by atoms with Crippen molar-refractivity contribution in [2.24, 2.45) is 12.8 Å². The largest absolute Gasteiger partial charge is 0.366 e. The molecule has 6 heteroatoms. The van der Waals surface area contributed by atoms with Crippen LogP contribution in [0.15, 0.2) is 18.3 Å². The van der Waals surface area contributed by atoms with Crippen molar-refractivity contribution in [3.8, 4) is 11.5 Å². The van der Waals surface area contributed by atoms with E-state index in [1.807, 2.05) is 18.5 Å². The third-order valence-corrected chi connectivity index (χ3v) is 2.37. The molecule has 2 rings (SSSR count). The van der Waals surface area contributed by atoms with E-state index in [1.165, 1.54) is 6.20 Å². The van der Waals surface area contributed by atoms with Crippen LogP contribution in [0.2, 0.25) is 0 Å². The molecule has 1 amide bonds. The Morgan fingerprint density at radius 2 is 2.12 bits per heavy atom. The molecule has 2 heterocycles. The molecule has 0 saturated carbocycles. The Morgan fingerprint density at radius 1 is 1.38 bits per heavy atom. The van der Waals surface area contributed by atoms with Gasteiger partial charge in [0.1, 0.15) is 11.5 Å². The van der Waals surface area contributed by atoms with Crippen LogP contribution in [-0.2, 0) is 7.05 Å². The number of carbonyl (C=O) groups excluding carboxylic acids is 1. The minimum atomic E-state index is -0.492. The summed E-state index contributed by atoms with van der Waals surface area (Å²) in [5, 5.41) is 7.93. The molecule has 0 aliphatic rings. The molecule has 2 aromatic heterocycles. The quantitative estimate of drug-likeness (QED) is 0.782. The summed E-state index contributed by atoms with van der Waals surface area (Å²) in [6.07, 6.45) is 1.43. The van der Waals surface area contributed by atoms with E-state index in [2.05, 4.69) is 15.2 Å². The minimum absolute atomic E-state index is 0.377. The van der Waals surface area contributed by atoms with E-state index in [0.29, 0.717) is 17.1 Å². The molecule has 0 aliphatic heterocycles. The van der Waals surface area contributed by atoms with Gasteiger partial charge < -0.3 is 10.3 Å².